The standard InChI is InChI=1S/C26H29N3O4S/c1-19-15-20(2)17-25(16-19)34(31,32)27-22-9-7-21(8-10-22)26(30)29-13-11-28(12-14-29)23-5-4-6-24(18-23)33-3/h4-10,15-18,27H,11-14H2,1-3H3. The van der Waals surface area contributed by atoms with Crippen LogP contribution in [0.15, 0.2) is 71.6 Å². The van der Waals surface area contributed by atoms with Crippen molar-refractivity contribution >= 4 is 27.3 Å². The molecule has 1 amide bonds. The van der Waals surface area contributed by atoms with Crippen LogP contribution in [0.25, 0.3) is 0 Å². The van der Waals surface area contributed by atoms with E-state index < -0.39 is 10.0 Å². The summed E-state index contributed by atoms with van der Waals surface area (Å²) < 4.78 is 33.4. The van der Waals surface area contributed by atoms with Crippen LogP contribution in [0.3, 0.4) is 0 Å². The summed E-state index contributed by atoms with van der Waals surface area (Å²) in [6.07, 6.45) is 0. The Labute approximate surface area is 201 Å². The molecule has 0 bridgehead atoms. The van der Waals surface area contributed by atoms with Crippen molar-refractivity contribution in [3.05, 3.63) is 83.4 Å². The Morgan fingerprint density at radius 1 is 0.882 bits per heavy atom. The van der Waals surface area contributed by atoms with E-state index in [1.807, 2.05) is 49.1 Å². The van der Waals surface area contributed by atoms with Crippen molar-refractivity contribution < 1.29 is 17.9 Å². The van der Waals surface area contributed by atoms with E-state index in [1.54, 1.807) is 43.5 Å². The van der Waals surface area contributed by atoms with Crippen LogP contribution in [0.1, 0.15) is 21.5 Å². The molecule has 0 radical (unpaired) electrons. The first-order valence-electron chi connectivity index (χ1n) is 11.1. The van der Waals surface area contributed by atoms with Crippen molar-refractivity contribution in [1.82, 2.24) is 4.90 Å². The van der Waals surface area contributed by atoms with E-state index in [0.29, 0.717) is 24.3 Å². The Morgan fingerprint density at radius 2 is 1.53 bits per heavy atom. The predicted molar refractivity (Wildman–Crippen MR) is 134 cm³/mol. The zero-order chi connectivity index (χ0) is 24.3. The van der Waals surface area contributed by atoms with Crippen LogP contribution in [0.4, 0.5) is 11.4 Å². The van der Waals surface area contributed by atoms with E-state index in [1.165, 1.54) is 0 Å². The highest BCUT2D eigenvalue weighted by molar-refractivity contribution is 7.92. The predicted octanol–water partition coefficient (Wildman–Crippen LogP) is 4.08. The summed E-state index contributed by atoms with van der Waals surface area (Å²) in [5.74, 6) is 0.748. The molecule has 178 valence electrons. The van der Waals surface area contributed by atoms with Gasteiger partial charge in [-0.25, -0.2) is 8.42 Å². The number of carbonyl (C=O) groups excluding carboxylic acids is 1. The molecule has 1 aliphatic heterocycles. The van der Waals surface area contributed by atoms with Gasteiger partial charge in [-0.15, -0.1) is 0 Å². The minimum absolute atomic E-state index is 0.0611. The molecule has 0 spiro atoms. The Kier molecular flexibility index (Phi) is 6.79. The smallest absolute Gasteiger partial charge is 0.261 e. The molecule has 8 heteroatoms. The highest BCUT2D eigenvalue weighted by Crippen LogP contribution is 2.23. The summed E-state index contributed by atoms with van der Waals surface area (Å²) >= 11 is 0. The molecule has 1 N–H and O–H groups in total. The number of nitrogens with zero attached hydrogens (tertiary/aromatic N) is 2. The molecule has 1 heterocycles. The average Bonchev–Trinajstić information content (AvgIpc) is 2.83. The summed E-state index contributed by atoms with van der Waals surface area (Å²) in [5.41, 5.74) is 3.79. The van der Waals surface area contributed by atoms with E-state index in [-0.39, 0.29) is 10.8 Å². The molecule has 1 aliphatic rings. The fourth-order valence-electron chi connectivity index (χ4n) is 4.14. The number of benzene rings is 3. The molecule has 3 aromatic rings. The SMILES string of the molecule is COc1cccc(N2CCN(C(=O)c3ccc(NS(=O)(=O)c4cc(C)cc(C)c4)cc3)CC2)c1. The quantitative estimate of drug-likeness (QED) is 0.577. The van der Waals surface area contributed by atoms with Gasteiger partial charge >= 0.3 is 0 Å². The lowest BCUT2D eigenvalue weighted by atomic mass is 10.1. The Bertz CT molecular complexity index is 1260. The molecule has 3 aromatic carbocycles. The van der Waals surface area contributed by atoms with E-state index in [0.717, 1.165) is 35.7 Å². The van der Waals surface area contributed by atoms with Crippen LogP contribution in [0.2, 0.25) is 0 Å². The van der Waals surface area contributed by atoms with Crippen molar-refractivity contribution in [1.29, 1.82) is 0 Å². The van der Waals surface area contributed by atoms with Crippen LogP contribution in [-0.2, 0) is 10.0 Å². The number of ether oxygens (including phenoxy) is 1. The maximum atomic E-state index is 13.0. The van der Waals surface area contributed by atoms with Crippen LogP contribution in [-0.4, -0.2) is 52.5 Å². The molecule has 0 aliphatic carbocycles. The van der Waals surface area contributed by atoms with Gasteiger partial charge in [0.15, 0.2) is 0 Å². The largest absolute Gasteiger partial charge is 0.497 e. The van der Waals surface area contributed by atoms with Crippen molar-refractivity contribution in [2.24, 2.45) is 0 Å². The van der Waals surface area contributed by atoms with Crippen LogP contribution in [0.5, 0.6) is 5.75 Å². The topological polar surface area (TPSA) is 79.0 Å². The number of aryl methyl sites for hydroxylation is 2. The number of carbonyl (C=O) groups is 1. The Morgan fingerprint density at radius 3 is 2.15 bits per heavy atom. The van der Waals surface area contributed by atoms with Gasteiger partial charge in [0.2, 0.25) is 0 Å². The van der Waals surface area contributed by atoms with Crippen molar-refractivity contribution in [2.45, 2.75) is 18.7 Å². The maximum absolute atomic E-state index is 13.0. The third-order valence-corrected chi connectivity index (χ3v) is 7.24. The van der Waals surface area contributed by atoms with Gasteiger partial charge in [-0.2, -0.15) is 0 Å². The molecule has 34 heavy (non-hydrogen) atoms. The molecule has 0 aromatic heterocycles. The number of amides is 1. The van der Waals surface area contributed by atoms with Gasteiger partial charge in [0.1, 0.15) is 5.75 Å². The molecule has 0 unspecified atom stereocenters. The number of nitrogens with one attached hydrogen (secondary N) is 1. The molecule has 0 atom stereocenters. The van der Waals surface area contributed by atoms with Crippen molar-refractivity contribution in [3.63, 3.8) is 0 Å². The normalized spacial score (nSPS) is 14.1. The van der Waals surface area contributed by atoms with Gasteiger partial charge in [0.25, 0.3) is 15.9 Å². The van der Waals surface area contributed by atoms with E-state index in [2.05, 4.69) is 9.62 Å². The first-order valence-corrected chi connectivity index (χ1v) is 12.6. The summed E-state index contributed by atoms with van der Waals surface area (Å²) in [5, 5.41) is 0. The lowest BCUT2D eigenvalue weighted by Gasteiger charge is -2.36. The molecule has 0 saturated carbocycles. The highest BCUT2D eigenvalue weighted by atomic mass is 32.2. The minimum atomic E-state index is -3.71. The number of sulfonamides is 1. The van der Waals surface area contributed by atoms with E-state index in [9.17, 15) is 13.2 Å². The van der Waals surface area contributed by atoms with Crippen LogP contribution < -0.4 is 14.4 Å². The number of piperazine rings is 1. The highest BCUT2D eigenvalue weighted by Gasteiger charge is 2.23. The number of hydrogen-bond donors (Lipinski definition) is 1. The zero-order valence-electron chi connectivity index (χ0n) is 19.6. The van der Waals surface area contributed by atoms with Crippen molar-refractivity contribution in [2.75, 3.05) is 42.9 Å². The lowest BCUT2D eigenvalue weighted by Crippen LogP contribution is -2.48. The second-order valence-electron chi connectivity index (χ2n) is 8.49. The third-order valence-electron chi connectivity index (χ3n) is 5.87. The number of methoxy groups -OCH3 is 1. The minimum Gasteiger partial charge on any atom is -0.497 e. The second-order valence-corrected chi connectivity index (χ2v) is 10.2. The zero-order valence-corrected chi connectivity index (χ0v) is 20.4. The number of hydrogen-bond acceptors (Lipinski definition) is 5. The Balaban J connectivity index is 1.39. The van der Waals surface area contributed by atoms with Gasteiger partial charge in [-0.05, 0) is 73.5 Å². The maximum Gasteiger partial charge on any atom is 0.261 e. The number of rotatable bonds is 6. The second kappa shape index (κ2) is 9.77. The van der Waals surface area contributed by atoms with Crippen LogP contribution >= 0.6 is 0 Å². The van der Waals surface area contributed by atoms with Gasteiger partial charge in [0, 0.05) is 49.2 Å². The fraction of sp³-hybridized carbons (Fsp3) is 0.269. The summed E-state index contributed by atoms with van der Waals surface area (Å²) in [6.45, 7) is 6.40. The molecule has 7 nitrogen and oxygen atoms in total. The van der Waals surface area contributed by atoms with Gasteiger partial charge in [0.05, 0.1) is 12.0 Å². The first kappa shape index (κ1) is 23.6. The molecule has 4 rings (SSSR count). The average molecular weight is 480 g/mol. The van der Waals surface area contributed by atoms with Crippen LogP contribution in [0, 0.1) is 13.8 Å². The van der Waals surface area contributed by atoms with E-state index in [4.69, 9.17) is 4.74 Å². The van der Waals surface area contributed by atoms with Crippen molar-refractivity contribution in [3.8, 4) is 5.75 Å². The molecule has 1 fully saturated rings. The summed E-state index contributed by atoms with van der Waals surface area (Å²) in [6, 6.07) is 19.7. The van der Waals surface area contributed by atoms with Gasteiger partial charge in [-0.1, -0.05) is 12.1 Å². The molecular weight excluding hydrogens is 450 g/mol. The molecular formula is C26H29N3O4S. The lowest BCUT2D eigenvalue weighted by molar-refractivity contribution is 0.0747. The summed E-state index contributed by atoms with van der Waals surface area (Å²) in [7, 11) is -2.06. The number of anilines is 2. The molecule has 1 saturated heterocycles. The summed E-state index contributed by atoms with van der Waals surface area (Å²) in [4.78, 5) is 17.3. The monoisotopic (exact) mass is 479 g/mol. The first-order chi connectivity index (χ1) is 16.2. The van der Waals surface area contributed by atoms with E-state index >= 15 is 0 Å². The van der Waals surface area contributed by atoms with Gasteiger partial charge < -0.3 is 14.5 Å². The third kappa shape index (κ3) is 5.34. The fourth-order valence-corrected chi connectivity index (χ4v) is 5.39. The van der Waals surface area contributed by atoms with Gasteiger partial charge in [-0.3, -0.25) is 9.52 Å². The Hall–Kier alpha value is -3.52.